The van der Waals surface area contributed by atoms with Crippen LogP contribution in [0.15, 0.2) is 42.5 Å². The van der Waals surface area contributed by atoms with E-state index in [1.165, 1.54) is 12.8 Å². The predicted molar refractivity (Wildman–Crippen MR) is 112 cm³/mol. The first-order chi connectivity index (χ1) is 14.2. The van der Waals surface area contributed by atoms with Gasteiger partial charge in [0, 0.05) is 25.4 Å². The van der Waals surface area contributed by atoms with Crippen LogP contribution in [0.25, 0.3) is 0 Å². The minimum absolute atomic E-state index is 0.171. The first kappa shape index (κ1) is 19.6. The summed E-state index contributed by atoms with van der Waals surface area (Å²) in [5, 5.41) is 0. The summed E-state index contributed by atoms with van der Waals surface area (Å²) in [7, 11) is 3.33. The molecule has 1 saturated carbocycles. The van der Waals surface area contributed by atoms with Gasteiger partial charge in [0.2, 0.25) is 5.91 Å². The van der Waals surface area contributed by atoms with Gasteiger partial charge in [-0.1, -0.05) is 18.2 Å². The van der Waals surface area contributed by atoms with Gasteiger partial charge in [-0.2, -0.15) is 0 Å². The molecule has 5 nitrogen and oxygen atoms in total. The number of hydrogen-bond acceptors (Lipinski definition) is 4. The molecule has 2 fully saturated rings. The maximum Gasteiger partial charge on any atom is 0.223 e. The second-order valence-corrected chi connectivity index (χ2v) is 7.96. The van der Waals surface area contributed by atoms with E-state index in [2.05, 4.69) is 12.1 Å². The molecule has 1 saturated heterocycles. The fourth-order valence-electron chi connectivity index (χ4n) is 4.36. The van der Waals surface area contributed by atoms with E-state index in [-0.39, 0.29) is 17.9 Å². The van der Waals surface area contributed by atoms with Crippen LogP contribution in [0.3, 0.4) is 0 Å². The third kappa shape index (κ3) is 4.50. The van der Waals surface area contributed by atoms with E-state index < -0.39 is 0 Å². The number of methoxy groups -OCH3 is 2. The lowest BCUT2D eigenvalue weighted by Gasteiger charge is -2.19. The van der Waals surface area contributed by atoms with Crippen molar-refractivity contribution < 1.29 is 19.0 Å². The monoisotopic (exact) mass is 395 g/mol. The van der Waals surface area contributed by atoms with Crippen molar-refractivity contribution in [3.05, 3.63) is 53.6 Å². The Kier molecular flexibility index (Phi) is 5.93. The van der Waals surface area contributed by atoms with E-state index in [0.29, 0.717) is 19.5 Å². The molecular formula is C24H29NO4. The van der Waals surface area contributed by atoms with Gasteiger partial charge in [0.15, 0.2) is 11.5 Å². The zero-order valence-electron chi connectivity index (χ0n) is 17.2. The highest BCUT2D eigenvalue weighted by Crippen LogP contribution is 2.37. The summed E-state index contributed by atoms with van der Waals surface area (Å²) >= 11 is 0. The molecule has 4 rings (SSSR count). The molecule has 1 aliphatic heterocycles. The summed E-state index contributed by atoms with van der Waals surface area (Å²) in [4.78, 5) is 14.6. The highest BCUT2D eigenvalue weighted by molar-refractivity contribution is 5.80. The first-order valence-corrected chi connectivity index (χ1v) is 10.4. The van der Waals surface area contributed by atoms with Crippen LogP contribution in [-0.4, -0.2) is 37.7 Å². The van der Waals surface area contributed by atoms with E-state index in [1.54, 1.807) is 14.2 Å². The molecule has 154 valence electrons. The molecule has 2 aromatic rings. The van der Waals surface area contributed by atoms with Gasteiger partial charge in [-0.05, 0) is 61.1 Å². The molecule has 1 unspecified atom stereocenters. The number of carbonyl (C=O) groups is 1. The first-order valence-electron chi connectivity index (χ1n) is 10.4. The third-order valence-electron chi connectivity index (χ3n) is 5.98. The van der Waals surface area contributed by atoms with Crippen LogP contribution in [-0.2, 0) is 11.3 Å². The van der Waals surface area contributed by atoms with Crippen LogP contribution in [0.2, 0.25) is 0 Å². The highest BCUT2D eigenvalue weighted by atomic mass is 16.5. The van der Waals surface area contributed by atoms with Crippen LogP contribution >= 0.6 is 0 Å². The highest BCUT2D eigenvalue weighted by Gasteiger charge is 2.31. The average molecular weight is 395 g/mol. The van der Waals surface area contributed by atoms with E-state index >= 15 is 0 Å². The second-order valence-electron chi connectivity index (χ2n) is 7.96. The van der Waals surface area contributed by atoms with Crippen LogP contribution < -0.4 is 14.2 Å². The van der Waals surface area contributed by atoms with Crippen molar-refractivity contribution >= 4 is 5.91 Å². The maximum absolute atomic E-state index is 12.6. The number of likely N-dealkylation sites (tertiary alicyclic amines) is 1. The van der Waals surface area contributed by atoms with Gasteiger partial charge in [0.05, 0.1) is 20.3 Å². The van der Waals surface area contributed by atoms with Gasteiger partial charge in [-0.25, -0.2) is 0 Å². The lowest BCUT2D eigenvalue weighted by Crippen LogP contribution is -2.24. The molecule has 1 amide bonds. The smallest absolute Gasteiger partial charge is 0.223 e. The number of ether oxygens (including phenoxy) is 3. The molecule has 0 N–H and O–H groups in total. The fraction of sp³-hybridized carbons (Fsp3) is 0.458. The number of nitrogens with zero attached hydrogens (tertiary/aromatic N) is 1. The van der Waals surface area contributed by atoms with Gasteiger partial charge in [0.25, 0.3) is 0 Å². The number of benzene rings is 2. The van der Waals surface area contributed by atoms with E-state index in [9.17, 15) is 4.79 Å². The van der Waals surface area contributed by atoms with Crippen molar-refractivity contribution in [2.45, 2.75) is 50.7 Å². The largest absolute Gasteiger partial charge is 0.497 e. The van der Waals surface area contributed by atoms with Crippen molar-refractivity contribution in [3.63, 3.8) is 0 Å². The zero-order chi connectivity index (χ0) is 20.2. The summed E-state index contributed by atoms with van der Waals surface area (Å²) < 4.78 is 17.0. The van der Waals surface area contributed by atoms with Crippen molar-refractivity contribution in [1.29, 1.82) is 0 Å². The van der Waals surface area contributed by atoms with Crippen LogP contribution in [0, 0.1) is 0 Å². The van der Waals surface area contributed by atoms with Crippen LogP contribution in [0.5, 0.6) is 17.2 Å². The molecule has 5 heteroatoms. The van der Waals surface area contributed by atoms with Crippen molar-refractivity contribution in [1.82, 2.24) is 4.90 Å². The topological polar surface area (TPSA) is 48.0 Å². The lowest BCUT2D eigenvalue weighted by atomic mass is 9.98. The Labute approximate surface area is 172 Å². The Morgan fingerprint density at radius 1 is 1.00 bits per heavy atom. The third-order valence-corrected chi connectivity index (χ3v) is 5.98. The standard InChI is InChI=1S/C24H29NO4/c1-27-21-9-5-6-17(12-21)15-25-16-19(14-24(25)26)18-10-11-22(28-2)23(13-18)29-20-7-3-4-8-20/h5-6,9-13,19-20H,3-4,7-8,14-16H2,1-2H3. The Balaban J connectivity index is 1.47. The average Bonchev–Trinajstić information content (AvgIpc) is 3.38. The number of rotatable bonds is 7. The zero-order valence-corrected chi connectivity index (χ0v) is 17.2. The molecule has 0 aromatic heterocycles. The summed E-state index contributed by atoms with van der Waals surface area (Å²) in [5.41, 5.74) is 2.22. The van der Waals surface area contributed by atoms with Crippen LogP contribution in [0.1, 0.15) is 49.1 Å². The van der Waals surface area contributed by atoms with Crippen molar-refractivity contribution in [2.24, 2.45) is 0 Å². The molecule has 1 atom stereocenters. The molecule has 0 bridgehead atoms. The summed E-state index contributed by atoms with van der Waals surface area (Å²) in [5.74, 6) is 2.74. The Hall–Kier alpha value is -2.69. The van der Waals surface area contributed by atoms with Gasteiger partial charge in [-0.3, -0.25) is 4.79 Å². The molecule has 1 heterocycles. The van der Waals surface area contributed by atoms with Gasteiger partial charge < -0.3 is 19.1 Å². The summed E-state index contributed by atoms with van der Waals surface area (Å²) in [6.45, 7) is 1.32. The number of amides is 1. The molecule has 29 heavy (non-hydrogen) atoms. The summed E-state index contributed by atoms with van der Waals surface area (Å²) in [6, 6.07) is 14.0. The van der Waals surface area contributed by atoms with Gasteiger partial charge in [-0.15, -0.1) is 0 Å². The molecular weight excluding hydrogens is 366 g/mol. The second kappa shape index (κ2) is 8.76. The van der Waals surface area contributed by atoms with E-state index in [0.717, 1.165) is 41.2 Å². The Bertz CT molecular complexity index is 860. The normalized spacial score (nSPS) is 19.6. The van der Waals surface area contributed by atoms with Gasteiger partial charge >= 0.3 is 0 Å². The van der Waals surface area contributed by atoms with Crippen LogP contribution in [0.4, 0.5) is 0 Å². The molecule has 2 aliphatic rings. The maximum atomic E-state index is 12.6. The molecule has 2 aromatic carbocycles. The molecule has 0 radical (unpaired) electrons. The quantitative estimate of drug-likeness (QED) is 0.691. The predicted octanol–water partition coefficient (Wildman–Crippen LogP) is 4.54. The SMILES string of the molecule is COc1cccc(CN2CC(c3ccc(OC)c(OC4CCCC4)c3)CC2=O)c1. The number of carbonyl (C=O) groups excluding carboxylic acids is 1. The minimum Gasteiger partial charge on any atom is -0.497 e. The van der Waals surface area contributed by atoms with Crippen molar-refractivity contribution in [2.75, 3.05) is 20.8 Å². The minimum atomic E-state index is 0.171. The fourth-order valence-corrected chi connectivity index (χ4v) is 4.36. The Morgan fingerprint density at radius 2 is 1.83 bits per heavy atom. The lowest BCUT2D eigenvalue weighted by molar-refractivity contribution is -0.128. The summed E-state index contributed by atoms with van der Waals surface area (Å²) in [6.07, 6.45) is 5.45. The Morgan fingerprint density at radius 3 is 2.59 bits per heavy atom. The van der Waals surface area contributed by atoms with Crippen molar-refractivity contribution in [3.8, 4) is 17.2 Å². The number of hydrogen-bond donors (Lipinski definition) is 0. The molecule has 0 spiro atoms. The molecule has 1 aliphatic carbocycles. The van der Waals surface area contributed by atoms with Gasteiger partial charge in [0.1, 0.15) is 5.75 Å². The van der Waals surface area contributed by atoms with E-state index in [1.807, 2.05) is 35.2 Å². The van der Waals surface area contributed by atoms with E-state index in [4.69, 9.17) is 14.2 Å².